The van der Waals surface area contributed by atoms with Crippen LogP contribution in [0.2, 0.25) is 0 Å². The molecular formula is C30H45N3O6. The zero-order chi connectivity index (χ0) is 28.3. The van der Waals surface area contributed by atoms with Gasteiger partial charge in [-0.15, -0.1) is 0 Å². The maximum atomic E-state index is 13.1. The number of amides is 2. The fourth-order valence-electron chi connectivity index (χ4n) is 4.20. The SMILES string of the molecule is CCCCCNC(=O)C(Cc1ccc(N(CCOOC)CCOOC)cc1)NC(=O)C(C)Cc1ccccc1. The number of nitrogens with one attached hydrogen (secondary N) is 2. The fourth-order valence-corrected chi connectivity index (χ4v) is 4.20. The number of hydrogen-bond donors (Lipinski definition) is 2. The second-order valence-electron chi connectivity index (χ2n) is 9.48. The molecule has 0 aliphatic carbocycles. The number of hydrogen-bond acceptors (Lipinski definition) is 7. The topological polar surface area (TPSA) is 98.4 Å². The molecule has 9 nitrogen and oxygen atoms in total. The van der Waals surface area contributed by atoms with Crippen molar-refractivity contribution in [2.45, 2.75) is 52.0 Å². The average molecular weight is 544 g/mol. The predicted octanol–water partition coefficient (Wildman–Crippen LogP) is 3.86. The first-order chi connectivity index (χ1) is 19.0. The van der Waals surface area contributed by atoms with Crippen LogP contribution >= 0.6 is 0 Å². The molecule has 2 aromatic rings. The van der Waals surface area contributed by atoms with Gasteiger partial charge in [0.05, 0.1) is 27.4 Å². The number of benzene rings is 2. The van der Waals surface area contributed by atoms with E-state index in [0.717, 1.165) is 36.1 Å². The van der Waals surface area contributed by atoms with Crippen LogP contribution in [0, 0.1) is 5.92 Å². The Kier molecular flexibility index (Phi) is 15.8. The van der Waals surface area contributed by atoms with Crippen LogP contribution in [0.1, 0.15) is 44.2 Å². The Morgan fingerprint density at radius 1 is 0.821 bits per heavy atom. The Morgan fingerprint density at radius 3 is 2.03 bits per heavy atom. The summed E-state index contributed by atoms with van der Waals surface area (Å²) in [6, 6.07) is 17.2. The summed E-state index contributed by atoms with van der Waals surface area (Å²) in [5.41, 5.74) is 3.01. The lowest BCUT2D eigenvalue weighted by Gasteiger charge is -2.25. The van der Waals surface area contributed by atoms with E-state index in [-0.39, 0.29) is 17.7 Å². The van der Waals surface area contributed by atoms with Crippen molar-refractivity contribution >= 4 is 17.5 Å². The third-order valence-electron chi connectivity index (χ3n) is 6.41. The molecule has 0 fully saturated rings. The lowest BCUT2D eigenvalue weighted by Crippen LogP contribution is -2.49. The van der Waals surface area contributed by atoms with Crippen molar-refractivity contribution in [3.05, 3.63) is 65.7 Å². The molecule has 0 spiro atoms. The van der Waals surface area contributed by atoms with Crippen molar-refractivity contribution in [3.63, 3.8) is 0 Å². The molecule has 2 N–H and O–H groups in total. The van der Waals surface area contributed by atoms with Crippen LogP contribution in [0.4, 0.5) is 5.69 Å². The van der Waals surface area contributed by atoms with Crippen LogP contribution in [-0.2, 0) is 42.0 Å². The van der Waals surface area contributed by atoms with E-state index in [1.54, 1.807) is 0 Å². The molecule has 216 valence electrons. The molecule has 0 saturated carbocycles. The van der Waals surface area contributed by atoms with Crippen molar-refractivity contribution < 1.29 is 29.1 Å². The monoisotopic (exact) mass is 543 g/mol. The van der Waals surface area contributed by atoms with E-state index in [1.807, 2.05) is 61.5 Å². The minimum absolute atomic E-state index is 0.133. The quantitative estimate of drug-likeness (QED) is 0.149. The van der Waals surface area contributed by atoms with E-state index in [0.29, 0.717) is 45.7 Å². The van der Waals surface area contributed by atoms with Gasteiger partial charge in [0.1, 0.15) is 6.04 Å². The molecular weight excluding hydrogens is 498 g/mol. The van der Waals surface area contributed by atoms with Crippen LogP contribution in [-0.4, -0.2) is 64.9 Å². The molecule has 2 atom stereocenters. The van der Waals surface area contributed by atoms with Gasteiger partial charge in [-0.2, -0.15) is 0 Å². The number of carbonyl (C=O) groups is 2. The van der Waals surface area contributed by atoms with Crippen LogP contribution in [0.15, 0.2) is 54.6 Å². The number of nitrogens with zero attached hydrogens (tertiary/aromatic N) is 1. The molecule has 2 aromatic carbocycles. The summed E-state index contributed by atoms with van der Waals surface area (Å²) >= 11 is 0. The van der Waals surface area contributed by atoms with E-state index < -0.39 is 6.04 Å². The van der Waals surface area contributed by atoms with E-state index in [1.165, 1.54) is 14.2 Å². The lowest BCUT2D eigenvalue weighted by atomic mass is 9.99. The van der Waals surface area contributed by atoms with Gasteiger partial charge < -0.3 is 15.5 Å². The molecule has 9 heteroatoms. The molecule has 0 heterocycles. The zero-order valence-corrected chi connectivity index (χ0v) is 23.8. The molecule has 0 bridgehead atoms. The maximum Gasteiger partial charge on any atom is 0.242 e. The summed E-state index contributed by atoms with van der Waals surface area (Å²) in [6.07, 6.45) is 4.04. The fraction of sp³-hybridized carbons (Fsp3) is 0.533. The number of unbranched alkanes of at least 4 members (excludes halogenated alkanes) is 2. The van der Waals surface area contributed by atoms with E-state index in [4.69, 9.17) is 19.6 Å². The van der Waals surface area contributed by atoms with E-state index in [2.05, 4.69) is 22.5 Å². The van der Waals surface area contributed by atoms with Crippen molar-refractivity contribution in [3.8, 4) is 0 Å². The second-order valence-corrected chi connectivity index (χ2v) is 9.48. The average Bonchev–Trinajstić information content (AvgIpc) is 2.95. The molecule has 2 amide bonds. The minimum atomic E-state index is -0.662. The van der Waals surface area contributed by atoms with Gasteiger partial charge in [0, 0.05) is 37.7 Å². The first-order valence-electron chi connectivity index (χ1n) is 13.8. The van der Waals surface area contributed by atoms with E-state index >= 15 is 0 Å². The zero-order valence-electron chi connectivity index (χ0n) is 23.8. The molecule has 0 aliphatic rings. The summed E-state index contributed by atoms with van der Waals surface area (Å²) in [4.78, 5) is 47.8. The number of anilines is 1. The van der Waals surface area contributed by atoms with Gasteiger partial charge in [0.2, 0.25) is 11.8 Å². The molecule has 0 radical (unpaired) electrons. The third kappa shape index (κ3) is 12.6. The third-order valence-corrected chi connectivity index (χ3v) is 6.41. The standard InChI is InChI=1S/C30H45N3O6/c1-5-6-10-17-31-30(35)28(32-29(34)24(2)22-25-11-8-7-9-12-25)23-26-13-15-27(16-14-26)33(18-20-38-36-3)19-21-39-37-4/h7-9,11-16,24,28H,5-6,10,17-23H2,1-4H3,(H,31,35)(H,32,34). The highest BCUT2D eigenvalue weighted by Crippen LogP contribution is 2.17. The van der Waals surface area contributed by atoms with Crippen molar-refractivity contribution in [2.75, 3.05) is 52.0 Å². The van der Waals surface area contributed by atoms with Gasteiger partial charge in [-0.1, -0.05) is 69.2 Å². The van der Waals surface area contributed by atoms with E-state index in [9.17, 15) is 9.59 Å². The van der Waals surface area contributed by atoms with Crippen LogP contribution in [0.25, 0.3) is 0 Å². The lowest BCUT2D eigenvalue weighted by molar-refractivity contribution is -0.273. The Bertz CT molecular complexity index is 931. The summed E-state index contributed by atoms with van der Waals surface area (Å²) < 4.78 is 0. The molecule has 2 unspecified atom stereocenters. The Morgan fingerprint density at radius 2 is 1.44 bits per heavy atom. The highest BCUT2D eigenvalue weighted by Gasteiger charge is 2.24. The molecule has 0 aromatic heterocycles. The predicted molar refractivity (Wildman–Crippen MR) is 152 cm³/mol. The Hall–Kier alpha value is -2.98. The molecule has 0 aliphatic heterocycles. The first kappa shape index (κ1) is 32.2. The van der Waals surface area contributed by atoms with Gasteiger partial charge >= 0.3 is 0 Å². The largest absolute Gasteiger partial charge is 0.367 e. The normalized spacial score (nSPS) is 12.5. The highest BCUT2D eigenvalue weighted by atomic mass is 17.2. The summed E-state index contributed by atoms with van der Waals surface area (Å²) in [5, 5.41) is 6.02. The smallest absolute Gasteiger partial charge is 0.242 e. The van der Waals surface area contributed by atoms with Crippen molar-refractivity contribution in [2.24, 2.45) is 5.92 Å². The van der Waals surface area contributed by atoms with Crippen molar-refractivity contribution in [1.29, 1.82) is 0 Å². The number of carbonyl (C=O) groups excluding carboxylic acids is 2. The number of rotatable bonds is 20. The van der Waals surface area contributed by atoms with Crippen LogP contribution < -0.4 is 15.5 Å². The Labute approximate surface area is 233 Å². The highest BCUT2D eigenvalue weighted by molar-refractivity contribution is 5.88. The van der Waals surface area contributed by atoms with Gasteiger partial charge in [-0.3, -0.25) is 9.59 Å². The van der Waals surface area contributed by atoms with Gasteiger partial charge in [-0.25, -0.2) is 19.6 Å². The van der Waals surface area contributed by atoms with Crippen LogP contribution in [0.5, 0.6) is 0 Å². The summed E-state index contributed by atoms with van der Waals surface area (Å²) in [5.74, 6) is -0.556. The summed E-state index contributed by atoms with van der Waals surface area (Å²) in [6.45, 7) is 6.58. The maximum absolute atomic E-state index is 13.1. The van der Waals surface area contributed by atoms with Gasteiger partial charge in [0.25, 0.3) is 0 Å². The summed E-state index contributed by atoms with van der Waals surface area (Å²) in [7, 11) is 2.95. The van der Waals surface area contributed by atoms with Gasteiger partial charge in [-0.05, 0) is 36.1 Å². The molecule has 39 heavy (non-hydrogen) atoms. The second kappa shape index (κ2) is 19.1. The minimum Gasteiger partial charge on any atom is -0.367 e. The van der Waals surface area contributed by atoms with Gasteiger partial charge in [0.15, 0.2) is 0 Å². The molecule has 0 saturated heterocycles. The van der Waals surface area contributed by atoms with Crippen molar-refractivity contribution in [1.82, 2.24) is 10.6 Å². The molecule has 2 rings (SSSR count). The Balaban J connectivity index is 2.09. The first-order valence-corrected chi connectivity index (χ1v) is 13.8. The van der Waals surface area contributed by atoms with Crippen LogP contribution in [0.3, 0.4) is 0 Å².